The number of benzene rings is 2. The molecule has 0 saturated carbocycles. The predicted octanol–water partition coefficient (Wildman–Crippen LogP) is 2.31. The summed E-state index contributed by atoms with van der Waals surface area (Å²) in [6.45, 7) is 1.81. The number of halogens is 1. The maximum absolute atomic E-state index is 13.7. The van der Waals surface area contributed by atoms with Gasteiger partial charge in [0.2, 0.25) is 10.0 Å². The molecule has 128 valence electrons. The minimum absolute atomic E-state index is 0.0123. The Hall–Kier alpha value is -2.25. The van der Waals surface area contributed by atoms with Crippen LogP contribution in [0.4, 0.5) is 4.39 Å². The van der Waals surface area contributed by atoms with E-state index < -0.39 is 10.0 Å². The van der Waals surface area contributed by atoms with Gasteiger partial charge in [0.1, 0.15) is 5.82 Å². The van der Waals surface area contributed by atoms with Gasteiger partial charge in [-0.05, 0) is 37.7 Å². The van der Waals surface area contributed by atoms with Crippen molar-refractivity contribution in [1.29, 1.82) is 0 Å². The molecule has 0 atom stereocenters. The molecule has 0 radical (unpaired) electrons. The monoisotopic (exact) mass is 350 g/mol. The highest BCUT2D eigenvalue weighted by Gasteiger charge is 2.19. The van der Waals surface area contributed by atoms with Crippen LogP contribution >= 0.6 is 0 Å². The second kappa shape index (κ2) is 7.11. The van der Waals surface area contributed by atoms with Crippen LogP contribution in [-0.4, -0.2) is 33.3 Å². The standard InChI is InChI=1S/C17H19FN2O3S/c1-12-8-9-14(24(22,23)19-2)10-15(12)17(21)20(3)11-13-6-4-5-7-16(13)18/h4-10,19H,11H2,1-3H3. The van der Waals surface area contributed by atoms with Gasteiger partial charge in [-0.3, -0.25) is 4.79 Å². The summed E-state index contributed by atoms with van der Waals surface area (Å²) in [6, 6.07) is 10.6. The minimum Gasteiger partial charge on any atom is -0.337 e. The zero-order valence-electron chi connectivity index (χ0n) is 13.7. The predicted molar refractivity (Wildman–Crippen MR) is 89.6 cm³/mol. The highest BCUT2D eigenvalue weighted by Crippen LogP contribution is 2.18. The first kappa shape index (κ1) is 18.1. The summed E-state index contributed by atoms with van der Waals surface area (Å²) in [5.74, 6) is -0.760. The normalized spacial score (nSPS) is 11.3. The van der Waals surface area contributed by atoms with Crippen molar-refractivity contribution < 1.29 is 17.6 Å². The van der Waals surface area contributed by atoms with Crippen molar-refractivity contribution in [2.45, 2.75) is 18.4 Å². The molecule has 24 heavy (non-hydrogen) atoms. The van der Waals surface area contributed by atoms with Crippen LogP contribution in [-0.2, 0) is 16.6 Å². The van der Waals surface area contributed by atoms with Gasteiger partial charge in [-0.2, -0.15) is 0 Å². The molecule has 2 aromatic carbocycles. The molecule has 0 aliphatic heterocycles. The van der Waals surface area contributed by atoms with Crippen molar-refractivity contribution >= 4 is 15.9 Å². The SMILES string of the molecule is CNS(=O)(=O)c1ccc(C)c(C(=O)N(C)Cc2ccccc2F)c1. The Labute approximate surface area is 141 Å². The van der Waals surface area contributed by atoms with Gasteiger partial charge in [0.15, 0.2) is 0 Å². The molecule has 0 bridgehead atoms. The van der Waals surface area contributed by atoms with Crippen molar-refractivity contribution in [1.82, 2.24) is 9.62 Å². The summed E-state index contributed by atoms with van der Waals surface area (Å²) in [6.07, 6.45) is 0. The number of hydrogen-bond donors (Lipinski definition) is 1. The Bertz CT molecular complexity index is 866. The lowest BCUT2D eigenvalue weighted by molar-refractivity contribution is 0.0783. The highest BCUT2D eigenvalue weighted by atomic mass is 32.2. The molecular formula is C17H19FN2O3S. The van der Waals surface area contributed by atoms with Crippen molar-refractivity contribution in [3.05, 3.63) is 65.0 Å². The van der Waals surface area contributed by atoms with Crippen LogP contribution in [0.25, 0.3) is 0 Å². The van der Waals surface area contributed by atoms with Gasteiger partial charge in [0.25, 0.3) is 5.91 Å². The zero-order chi connectivity index (χ0) is 17.9. The van der Waals surface area contributed by atoms with Gasteiger partial charge >= 0.3 is 0 Å². The summed E-state index contributed by atoms with van der Waals surface area (Å²) >= 11 is 0. The van der Waals surface area contributed by atoms with Crippen LogP contribution in [0.15, 0.2) is 47.4 Å². The number of nitrogens with zero attached hydrogens (tertiary/aromatic N) is 1. The lowest BCUT2D eigenvalue weighted by Crippen LogP contribution is -2.28. The van der Waals surface area contributed by atoms with Crippen molar-refractivity contribution in [2.24, 2.45) is 0 Å². The third-order valence-electron chi connectivity index (χ3n) is 3.73. The fourth-order valence-electron chi connectivity index (χ4n) is 2.28. The molecule has 0 fully saturated rings. The first-order valence-electron chi connectivity index (χ1n) is 7.29. The number of sulfonamides is 1. The van der Waals surface area contributed by atoms with Crippen LogP contribution in [0.2, 0.25) is 0 Å². The van der Waals surface area contributed by atoms with E-state index in [-0.39, 0.29) is 28.7 Å². The zero-order valence-corrected chi connectivity index (χ0v) is 14.5. The number of rotatable bonds is 5. The average Bonchev–Trinajstić information content (AvgIpc) is 2.56. The summed E-state index contributed by atoms with van der Waals surface area (Å²) in [5.41, 5.74) is 1.31. The Morgan fingerprint density at radius 3 is 2.50 bits per heavy atom. The van der Waals surface area contributed by atoms with Crippen LogP contribution in [0.3, 0.4) is 0 Å². The van der Waals surface area contributed by atoms with Gasteiger partial charge in [0, 0.05) is 24.7 Å². The Kier molecular flexibility index (Phi) is 5.36. The Balaban J connectivity index is 2.32. The molecule has 0 saturated heterocycles. The molecule has 2 rings (SSSR count). The van der Waals surface area contributed by atoms with Gasteiger partial charge in [-0.1, -0.05) is 24.3 Å². The topological polar surface area (TPSA) is 66.5 Å². The van der Waals surface area contributed by atoms with E-state index in [2.05, 4.69) is 4.72 Å². The Morgan fingerprint density at radius 2 is 1.88 bits per heavy atom. The fourth-order valence-corrected chi connectivity index (χ4v) is 3.03. The van der Waals surface area contributed by atoms with E-state index in [1.54, 1.807) is 38.2 Å². The van der Waals surface area contributed by atoms with Crippen LogP contribution in [0.5, 0.6) is 0 Å². The molecule has 0 aliphatic carbocycles. The smallest absolute Gasteiger partial charge is 0.254 e. The average molecular weight is 350 g/mol. The molecule has 0 aliphatic rings. The molecule has 5 nitrogen and oxygen atoms in total. The molecule has 0 aromatic heterocycles. The number of carbonyl (C=O) groups excluding carboxylic acids is 1. The summed E-state index contributed by atoms with van der Waals surface area (Å²) in [4.78, 5) is 14.0. The van der Waals surface area contributed by atoms with Crippen LogP contribution < -0.4 is 4.72 Å². The third-order valence-corrected chi connectivity index (χ3v) is 5.14. The number of hydrogen-bond acceptors (Lipinski definition) is 3. The second-order valence-corrected chi connectivity index (χ2v) is 7.32. The highest BCUT2D eigenvalue weighted by molar-refractivity contribution is 7.89. The number of carbonyl (C=O) groups is 1. The first-order chi connectivity index (χ1) is 11.3. The van der Waals surface area contributed by atoms with E-state index >= 15 is 0 Å². The number of nitrogens with one attached hydrogen (secondary N) is 1. The van der Waals surface area contributed by atoms with Crippen molar-refractivity contribution in [3.63, 3.8) is 0 Å². The summed E-state index contributed by atoms with van der Waals surface area (Å²) < 4.78 is 39.8. The van der Waals surface area contributed by atoms with Crippen molar-refractivity contribution in [3.8, 4) is 0 Å². The number of amides is 1. The number of aryl methyl sites for hydroxylation is 1. The maximum atomic E-state index is 13.7. The third kappa shape index (κ3) is 3.80. The minimum atomic E-state index is -3.64. The Morgan fingerprint density at radius 1 is 1.21 bits per heavy atom. The lowest BCUT2D eigenvalue weighted by Gasteiger charge is -2.19. The molecule has 0 unspecified atom stereocenters. The van der Waals surface area contributed by atoms with E-state index in [9.17, 15) is 17.6 Å². The van der Waals surface area contributed by atoms with E-state index in [0.29, 0.717) is 11.1 Å². The molecule has 1 amide bonds. The van der Waals surface area contributed by atoms with Gasteiger partial charge in [-0.25, -0.2) is 17.5 Å². The summed E-state index contributed by atoms with van der Waals surface area (Å²) in [7, 11) is -0.787. The lowest BCUT2D eigenvalue weighted by atomic mass is 10.1. The van der Waals surface area contributed by atoms with Crippen molar-refractivity contribution in [2.75, 3.05) is 14.1 Å². The molecule has 1 N–H and O–H groups in total. The molecule has 0 spiro atoms. The first-order valence-corrected chi connectivity index (χ1v) is 8.77. The van der Waals surface area contributed by atoms with E-state index in [0.717, 1.165) is 0 Å². The second-order valence-electron chi connectivity index (χ2n) is 5.44. The molecule has 7 heteroatoms. The van der Waals surface area contributed by atoms with Crippen LogP contribution in [0, 0.1) is 12.7 Å². The van der Waals surface area contributed by atoms with E-state index in [4.69, 9.17) is 0 Å². The molecule has 0 heterocycles. The largest absolute Gasteiger partial charge is 0.337 e. The summed E-state index contributed by atoms with van der Waals surface area (Å²) in [5, 5.41) is 0. The van der Waals surface area contributed by atoms with Gasteiger partial charge < -0.3 is 4.90 Å². The fraction of sp³-hybridized carbons (Fsp3) is 0.235. The maximum Gasteiger partial charge on any atom is 0.254 e. The van der Waals surface area contributed by atoms with Crippen LogP contribution in [0.1, 0.15) is 21.5 Å². The van der Waals surface area contributed by atoms with Gasteiger partial charge in [-0.15, -0.1) is 0 Å². The van der Waals surface area contributed by atoms with E-state index in [1.807, 2.05) is 0 Å². The van der Waals surface area contributed by atoms with E-state index in [1.165, 1.54) is 30.1 Å². The van der Waals surface area contributed by atoms with Gasteiger partial charge in [0.05, 0.1) is 4.90 Å². The quantitative estimate of drug-likeness (QED) is 0.900. The molecule has 2 aromatic rings. The molecular weight excluding hydrogens is 331 g/mol.